The van der Waals surface area contributed by atoms with Gasteiger partial charge in [-0.1, -0.05) is 0 Å². The van der Waals surface area contributed by atoms with E-state index in [1.807, 2.05) is 0 Å². The number of hydrogen-bond donors (Lipinski definition) is 0. The third-order valence-electron chi connectivity index (χ3n) is 0. The van der Waals surface area contributed by atoms with E-state index in [-0.39, 0.29) is 73.8 Å². The Kier molecular flexibility index (Phi) is 63.2. The molecular formula is Ag2ClK. The second-order valence-electron chi connectivity index (χ2n) is 0. The smallest absolute Gasteiger partial charge is 0 e. The normalized spacial score (nSPS) is 1.75. The number of hydrogen-bond acceptors (Lipinski definition) is 0. The van der Waals surface area contributed by atoms with Crippen LogP contribution in [0.2, 0.25) is 0 Å². The summed E-state index contributed by atoms with van der Waals surface area (Å²) in [6, 6.07) is 0. The molecule has 0 saturated heterocycles. The monoisotopic (exact) mass is 288 g/mol. The summed E-state index contributed by atoms with van der Waals surface area (Å²) in [5.74, 6) is 0. The molecule has 0 aromatic rings. The van der Waals surface area contributed by atoms with Crippen molar-refractivity contribution in [3.05, 3.63) is 0 Å². The molecule has 0 heterocycles. The van der Waals surface area contributed by atoms with E-state index in [1.165, 1.54) is 0 Å². The summed E-state index contributed by atoms with van der Waals surface area (Å²) in [6.45, 7) is 0. The standard InChI is InChI=1S/2Ag.ClH.K/h;;1H;/q;+1;;/p-1. The zero-order chi connectivity index (χ0) is 2.00. The van der Waals surface area contributed by atoms with Gasteiger partial charge in [-0.15, -0.1) is 0 Å². The van der Waals surface area contributed by atoms with E-state index in [9.17, 15) is 0 Å². The van der Waals surface area contributed by atoms with E-state index >= 15 is 0 Å². The largest absolute Gasteiger partial charge is 0 e. The van der Waals surface area contributed by atoms with Crippen LogP contribution in [0.15, 0.2) is 0 Å². The van der Waals surface area contributed by atoms with Crippen LogP contribution in [0.3, 0.4) is 0 Å². The van der Waals surface area contributed by atoms with Crippen LogP contribution >= 0.6 is 9.19 Å². The van der Waals surface area contributed by atoms with Crippen molar-refractivity contribution in [2.24, 2.45) is 0 Å². The summed E-state index contributed by atoms with van der Waals surface area (Å²) in [5, 5.41) is 0. The van der Waals surface area contributed by atoms with E-state index < -0.39 is 0 Å². The average Bonchev–Trinajstić information content (AvgIpc) is 1.00. The Morgan fingerprint density at radius 1 is 1.25 bits per heavy atom. The van der Waals surface area contributed by atoms with Crippen LogP contribution in [0, 0.1) is 0 Å². The molecule has 4 heteroatoms. The van der Waals surface area contributed by atoms with E-state index in [2.05, 4.69) is 29.2 Å². The van der Waals surface area contributed by atoms with Gasteiger partial charge in [0.2, 0.25) is 0 Å². The van der Waals surface area contributed by atoms with Gasteiger partial charge in [0.05, 0.1) is 0 Å². The zero-order valence-electron chi connectivity index (χ0n) is 1.98. The zero-order valence-corrected chi connectivity index (χ0v) is 8.82. The molecule has 0 saturated carbocycles. The molecule has 0 atom stereocenters. The third-order valence-corrected chi connectivity index (χ3v) is 0. The molecule has 0 fully saturated rings. The fraction of sp³-hybridized carbons (Fsp3) is 0. The predicted octanol–water partition coefficient (Wildman–Crippen LogP) is 0.304. The first-order chi connectivity index (χ1) is 1.00. The summed E-state index contributed by atoms with van der Waals surface area (Å²) >= 11 is 2.42. The van der Waals surface area contributed by atoms with Crippen LogP contribution in [0.5, 0.6) is 0 Å². The summed E-state index contributed by atoms with van der Waals surface area (Å²) in [7, 11) is 4.45. The van der Waals surface area contributed by atoms with Crippen molar-refractivity contribution in [1.29, 1.82) is 0 Å². The van der Waals surface area contributed by atoms with Gasteiger partial charge >= 0.3 is 29.2 Å². The van der Waals surface area contributed by atoms with Crippen molar-refractivity contribution >= 4 is 60.6 Å². The van der Waals surface area contributed by atoms with Crippen LogP contribution in [0.25, 0.3) is 0 Å². The van der Waals surface area contributed by atoms with Gasteiger partial charge in [0.25, 0.3) is 0 Å². The fourth-order valence-corrected chi connectivity index (χ4v) is 0. The van der Waals surface area contributed by atoms with Gasteiger partial charge in [-0.25, -0.2) is 0 Å². The molecular weight excluding hydrogens is 290 g/mol. The summed E-state index contributed by atoms with van der Waals surface area (Å²) in [6.07, 6.45) is 0. The maximum atomic E-state index is 4.45. The SMILES string of the molecule is [Ag].[Cl][Ag].[K]. The molecule has 0 spiro atoms. The average molecular weight is 290 g/mol. The Labute approximate surface area is 100 Å². The molecule has 0 aromatic carbocycles. The molecule has 2 radical (unpaired) electrons. The van der Waals surface area contributed by atoms with Crippen LogP contribution in [0.1, 0.15) is 0 Å². The Hall–Kier alpha value is 3.41. The summed E-state index contributed by atoms with van der Waals surface area (Å²) < 4.78 is 0. The molecule has 30 valence electrons. The quantitative estimate of drug-likeness (QED) is 0.563. The van der Waals surface area contributed by atoms with Gasteiger partial charge in [-0.3, -0.25) is 0 Å². The molecule has 4 heavy (non-hydrogen) atoms. The van der Waals surface area contributed by atoms with Crippen LogP contribution < -0.4 is 0 Å². The second-order valence-corrected chi connectivity index (χ2v) is 0. The van der Waals surface area contributed by atoms with Crippen molar-refractivity contribution < 1.29 is 42.4 Å². The van der Waals surface area contributed by atoms with Crippen molar-refractivity contribution in [1.82, 2.24) is 0 Å². The first-order valence-electron chi connectivity index (χ1n) is 0.114. The van der Waals surface area contributed by atoms with Crippen LogP contribution in [-0.2, 0) is 42.4 Å². The molecule has 0 rings (SSSR count). The molecule has 0 aliphatic heterocycles. The summed E-state index contributed by atoms with van der Waals surface area (Å²) in [5.41, 5.74) is 0. The van der Waals surface area contributed by atoms with Gasteiger partial charge in [-0.05, 0) is 0 Å². The van der Waals surface area contributed by atoms with Crippen molar-refractivity contribution in [2.45, 2.75) is 0 Å². The van der Waals surface area contributed by atoms with Gasteiger partial charge < -0.3 is 0 Å². The minimum atomic E-state index is 0. The Morgan fingerprint density at radius 3 is 1.25 bits per heavy atom. The molecule has 0 amide bonds. The molecule has 0 nitrogen and oxygen atoms in total. The topological polar surface area (TPSA) is 0 Å². The molecule has 0 bridgehead atoms. The van der Waals surface area contributed by atoms with Gasteiger partial charge in [0.1, 0.15) is 0 Å². The number of halogens is 1. The first-order valence-corrected chi connectivity index (χ1v) is 2.02. The van der Waals surface area contributed by atoms with Crippen molar-refractivity contribution in [3.63, 3.8) is 0 Å². The Bertz CT molecular complexity index is 6.00. The minimum Gasteiger partial charge on any atom is 0 e. The molecule has 0 aliphatic carbocycles. The van der Waals surface area contributed by atoms with E-state index in [0.717, 1.165) is 0 Å². The Balaban J connectivity index is -0.00000000500. The fourth-order valence-electron chi connectivity index (χ4n) is 0. The number of rotatable bonds is 0. The van der Waals surface area contributed by atoms with E-state index in [1.54, 1.807) is 0 Å². The van der Waals surface area contributed by atoms with E-state index in [4.69, 9.17) is 0 Å². The first kappa shape index (κ1) is 15.7. The van der Waals surface area contributed by atoms with Gasteiger partial charge in [-0.2, -0.15) is 0 Å². The molecule has 0 unspecified atom stereocenters. The van der Waals surface area contributed by atoms with Crippen molar-refractivity contribution in [3.8, 4) is 0 Å². The molecule has 0 N–H and O–H groups in total. The molecule has 0 aromatic heterocycles. The minimum absolute atomic E-state index is 0. The van der Waals surface area contributed by atoms with Gasteiger partial charge in [0, 0.05) is 73.8 Å². The predicted molar refractivity (Wildman–Crippen MR) is 11.6 cm³/mol. The molecule has 0 aliphatic rings. The summed E-state index contributed by atoms with van der Waals surface area (Å²) in [4.78, 5) is 0. The van der Waals surface area contributed by atoms with Gasteiger partial charge in [0.15, 0.2) is 0 Å². The maximum Gasteiger partial charge on any atom is 0 e. The van der Waals surface area contributed by atoms with Crippen LogP contribution in [0.4, 0.5) is 0 Å². The Morgan fingerprint density at radius 2 is 1.25 bits per heavy atom. The van der Waals surface area contributed by atoms with Crippen LogP contribution in [-0.4, -0.2) is 51.4 Å². The van der Waals surface area contributed by atoms with Crippen molar-refractivity contribution in [2.75, 3.05) is 0 Å². The van der Waals surface area contributed by atoms with E-state index in [0.29, 0.717) is 0 Å². The maximum absolute atomic E-state index is 4.45. The third kappa shape index (κ3) is 9.05. The second kappa shape index (κ2) is 16.1.